The molecule has 3 N–H and O–H groups in total. The fourth-order valence-corrected chi connectivity index (χ4v) is 4.62. The molecule has 188 valence electrons. The largest absolute Gasteiger partial charge is 0.494 e. The number of carbonyl (C=O) groups excluding carboxylic acids is 1. The van der Waals surface area contributed by atoms with E-state index in [0.29, 0.717) is 12.4 Å². The van der Waals surface area contributed by atoms with Gasteiger partial charge < -0.3 is 20.5 Å². The molecule has 0 aliphatic carbocycles. The third-order valence-corrected chi connectivity index (χ3v) is 6.58. The summed E-state index contributed by atoms with van der Waals surface area (Å²) in [6, 6.07) is 14.9. The van der Waals surface area contributed by atoms with Gasteiger partial charge in [-0.25, -0.2) is 9.78 Å². The van der Waals surface area contributed by atoms with Crippen LogP contribution >= 0.6 is 23.2 Å². The van der Waals surface area contributed by atoms with Gasteiger partial charge in [0.05, 0.1) is 22.2 Å². The average molecular weight is 528 g/mol. The van der Waals surface area contributed by atoms with Gasteiger partial charge >= 0.3 is 5.97 Å². The molecule has 0 spiro atoms. The van der Waals surface area contributed by atoms with Gasteiger partial charge in [-0.2, -0.15) is 0 Å². The number of ether oxygens (including phenoxy) is 1. The molecule has 0 bridgehead atoms. The number of rotatable bonds is 10. The minimum absolute atomic E-state index is 0.0534. The Bertz CT molecular complexity index is 1210. The topological polar surface area (TPSA) is 101 Å². The summed E-state index contributed by atoms with van der Waals surface area (Å²) in [4.78, 5) is 29.1. The summed E-state index contributed by atoms with van der Waals surface area (Å²) in [5.74, 6) is -0.0985. The number of benzene rings is 2. The van der Waals surface area contributed by atoms with Crippen LogP contribution in [0.1, 0.15) is 40.0 Å². The molecule has 1 amide bonds. The first-order valence-corrected chi connectivity index (χ1v) is 12.6. The molecular formula is C27H27Cl2N3O4. The SMILES string of the molecule is O=C(N[C@@H](Cc1ccc(OCCCc2ccc3c(n2)NCCC3)cc1)C(=O)O)c1c(Cl)cccc1Cl. The van der Waals surface area contributed by atoms with Gasteiger partial charge in [0, 0.05) is 18.7 Å². The monoisotopic (exact) mass is 527 g/mol. The van der Waals surface area contributed by atoms with Crippen LogP contribution in [-0.4, -0.2) is 41.2 Å². The number of aromatic nitrogens is 1. The maximum Gasteiger partial charge on any atom is 0.326 e. The normalized spacial score (nSPS) is 13.3. The molecule has 0 saturated carbocycles. The number of aliphatic carboxylic acids is 1. The van der Waals surface area contributed by atoms with Gasteiger partial charge in [0.1, 0.15) is 17.6 Å². The lowest BCUT2D eigenvalue weighted by atomic mass is 10.1. The summed E-state index contributed by atoms with van der Waals surface area (Å²) < 4.78 is 5.84. The van der Waals surface area contributed by atoms with E-state index >= 15 is 0 Å². The van der Waals surface area contributed by atoms with Crippen molar-refractivity contribution in [2.75, 3.05) is 18.5 Å². The van der Waals surface area contributed by atoms with Crippen LogP contribution in [0.2, 0.25) is 10.0 Å². The molecule has 1 aromatic heterocycles. The molecule has 2 heterocycles. The van der Waals surface area contributed by atoms with Gasteiger partial charge in [0.2, 0.25) is 0 Å². The number of fused-ring (bicyclic) bond motifs is 1. The first-order chi connectivity index (χ1) is 17.4. The standard InChI is InChI=1S/C27H27Cl2N3O4/c28-21-6-1-7-22(29)24(21)26(33)32-23(27(34)35)16-17-8-12-20(13-9-17)36-15-3-5-19-11-10-18-4-2-14-30-25(18)31-19/h1,6-13,23H,2-5,14-16H2,(H,30,31)(H,32,33)(H,34,35)/t23-/m0/s1. The van der Waals surface area contributed by atoms with Gasteiger partial charge in [-0.1, -0.05) is 47.5 Å². The minimum atomic E-state index is -1.15. The van der Waals surface area contributed by atoms with Crippen LogP contribution in [0.15, 0.2) is 54.6 Å². The summed E-state index contributed by atoms with van der Waals surface area (Å²) in [6.07, 6.45) is 3.96. The highest BCUT2D eigenvalue weighted by atomic mass is 35.5. The summed E-state index contributed by atoms with van der Waals surface area (Å²) in [7, 11) is 0. The average Bonchev–Trinajstić information content (AvgIpc) is 2.87. The predicted octanol–water partition coefficient (Wildman–Crippen LogP) is 5.18. The molecule has 9 heteroatoms. The highest BCUT2D eigenvalue weighted by Gasteiger charge is 2.23. The molecule has 3 aromatic rings. The second kappa shape index (κ2) is 12.1. The van der Waals surface area contributed by atoms with Crippen LogP contribution in [0.4, 0.5) is 5.82 Å². The lowest BCUT2D eigenvalue weighted by Crippen LogP contribution is -2.42. The molecule has 0 unspecified atom stereocenters. The van der Waals surface area contributed by atoms with E-state index in [1.807, 2.05) is 0 Å². The number of carbonyl (C=O) groups is 2. The Morgan fingerprint density at radius 3 is 2.56 bits per heavy atom. The van der Waals surface area contributed by atoms with Crippen LogP contribution in [0.25, 0.3) is 0 Å². The molecule has 36 heavy (non-hydrogen) atoms. The third-order valence-electron chi connectivity index (χ3n) is 5.95. The van der Waals surface area contributed by atoms with Crippen molar-refractivity contribution < 1.29 is 19.4 Å². The lowest BCUT2D eigenvalue weighted by molar-refractivity contribution is -0.139. The third kappa shape index (κ3) is 6.68. The van der Waals surface area contributed by atoms with Crippen molar-refractivity contribution in [1.29, 1.82) is 0 Å². The van der Waals surface area contributed by atoms with Gasteiger partial charge in [0.25, 0.3) is 5.91 Å². The van der Waals surface area contributed by atoms with Crippen molar-refractivity contribution in [3.8, 4) is 5.75 Å². The van der Waals surface area contributed by atoms with Crippen molar-refractivity contribution in [3.05, 3.63) is 87.0 Å². The van der Waals surface area contributed by atoms with Crippen LogP contribution < -0.4 is 15.4 Å². The molecule has 2 aromatic carbocycles. The zero-order valence-corrected chi connectivity index (χ0v) is 21.1. The number of pyridine rings is 1. The Labute approximate surface area is 219 Å². The number of nitrogens with zero attached hydrogens (tertiary/aromatic N) is 1. The van der Waals surface area contributed by atoms with Crippen molar-refractivity contribution in [2.24, 2.45) is 0 Å². The number of carboxylic acids is 1. The summed E-state index contributed by atoms with van der Waals surface area (Å²) >= 11 is 12.1. The molecule has 1 aliphatic heterocycles. The number of amides is 1. The summed E-state index contributed by atoms with van der Waals surface area (Å²) in [6.45, 7) is 1.51. The van der Waals surface area contributed by atoms with E-state index in [9.17, 15) is 14.7 Å². The fraction of sp³-hybridized carbons (Fsp3) is 0.296. The Hall–Kier alpha value is -3.29. The quantitative estimate of drug-likeness (QED) is 0.314. The highest BCUT2D eigenvalue weighted by molar-refractivity contribution is 6.39. The predicted molar refractivity (Wildman–Crippen MR) is 140 cm³/mol. The number of nitrogens with one attached hydrogen (secondary N) is 2. The molecule has 0 fully saturated rings. The van der Waals surface area contributed by atoms with Crippen LogP contribution in [-0.2, 0) is 24.1 Å². The first-order valence-electron chi connectivity index (χ1n) is 11.8. The second-order valence-corrected chi connectivity index (χ2v) is 9.42. The van der Waals surface area contributed by atoms with Crippen LogP contribution in [0, 0.1) is 0 Å². The number of hydrogen-bond donors (Lipinski definition) is 3. The van der Waals surface area contributed by atoms with E-state index in [1.165, 1.54) is 17.7 Å². The van der Waals surface area contributed by atoms with E-state index < -0.39 is 17.9 Å². The van der Waals surface area contributed by atoms with Gasteiger partial charge in [-0.3, -0.25) is 4.79 Å². The molecule has 1 atom stereocenters. The minimum Gasteiger partial charge on any atom is -0.494 e. The number of carboxylic acid groups (broad SMARTS) is 1. The molecule has 0 radical (unpaired) electrons. The molecule has 1 aliphatic rings. The first kappa shape index (κ1) is 25.8. The van der Waals surface area contributed by atoms with E-state index in [0.717, 1.165) is 49.3 Å². The van der Waals surface area contributed by atoms with Crippen LogP contribution in [0.3, 0.4) is 0 Å². The number of anilines is 1. The Morgan fingerprint density at radius 2 is 1.83 bits per heavy atom. The molecule has 7 nitrogen and oxygen atoms in total. The van der Waals surface area contributed by atoms with Crippen molar-refractivity contribution >= 4 is 40.9 Å². The number of aryl methyl sites for hydroxylation is 2. The Balaban J connectivity index is 1.27. The van der Waals surface area contributed by atoms with Crippen molar-refractivity contribution in [2.45, 2.75) is 38.1 Å². The smallest absolute Gasteiger partial charge is 0.326 e. The van der Waals surface area contributed by atoms with Crippen molar-refractivity contribution in [3.63, 3.8) is 0 Å². The fourth-order valence-electron chi connectivity index (χ4n) is 4.05. The van der Waals surface area contributed by atoms with Gasteiger partial charge in [0.15, 0.2) is 0 Å². The van der Waals surface area contributed by atoms with Gasteiger partial charge in [-0.05, 0) is 67.1 Å². The maximum atomic E-state index is 12.6. The summed E-state index contributed by atoms with van der Waals surface area (Å²) in [5.41, 5.74) is 3.12. The molecular weight excluding hydrogens is 501 g/mol. The van der Waals surface area contributed by atoms with E-state index in [1.54, 1.807) is 30.3 Å². The van der Waals surface area contributed by atoms with Crippen molar-refractivity contribution in [1.82, 2.24) is 10.3 Å². The number of halogens is 2. The number of hydrogen-bond acceptors (Lipinski definition) is 5. The zero-order chi connectivity index (χ0) is 25.5. The van der Waals surface area contributed by atoms with E-state index in [-0.39, 0.29) is 22.0 Å². The van der Waals surface area contributed by atoms with Gasteiger partial charge in [-0.15, -0.1) is 0 Å². The molecule has 4 rings (SSSR count). The Kier molecular flexibility index (Phi) is 8.67. The second-order valence-electron chi connectivity index (χ2n) is 8.60. The lowest BCUT2D eigenvalue weighted by Gasteiger charge is -2.17. The molecule has 0 saturated heterocycles. The van der Waals surface area contributed by atoms with E-state index in [2.05, 4.69) is 22.8 Å². The summed E-state index contributed by atoms with van der Waals surface area (Å²) in [5, 5.41) is 15.8. The maximum absolute atomic E-state index is 12.6. The van der Waals surface area contributed by atoms with Crippen LogP contribution in [0.5, 0.6) is 5.75 Å². The van der Waals surface area contributed by atoms with E-state index in [4.69, 9.17) is 32.9 Å². The zero-order valence-electron chi connectivity index (χ0n) is 19.6. The highest BCUT2D eigenvalue weighted by Crippen LogP contribution is 2.24. The Morgan fingerprint density at radius 1 is 1.08 bits per heavy atom.